The van der Waals surface area contributed by atoms with E-state index in [4.69, 9.17) is 11.6 Å². The normalized spacial score (nSPS) is 12.0. The first-order chi connectivity index (χ1) is 17.8. The van der Waals surface area contributed by atoms with Crippen molar-refractivity contribution in [3.8, 4) is 17.1 Å². The van der Waals surface area contributed by atoms with Crippen molar-refractivity contribution in [2.24, 2.45) is 0 Å². The van der Waals surface area contributed by atoms with Crippen molar-refractivity contribution >= 4 is 35.0 Å². The summed E-state index contributed by atoms with van der Waals surface area (Å²) in [5.74, 6) is -0.732. The van der Waals surface area contributed by atoms with Crippen molar-refractivity contribution < 1.29 is 31.1 Å². The minimum Gasteiger partial charge on any atom is -0.325 e. The number of aryl methyl sites for hydroxylation is 1. The Morgan fingerprint density at radius 2 is 1.47 bits per heavy atom. The Morgan fingerprint density at radius 3 is 2.03 bits per heavy atom. The number of thioether (sulfide) groups is 1. The van der Waals surface area contributed by atoms with Gasteiger partial charge in [-0.05, 0) is 49.4 Å². The number of nitrogens with one attached hydrogen (secondary N) is 1. The van der Waals surface area contributed by atoms with Gasteiger partial charge in [0.05, 0.1) is 16.9 Å². The molecule has 5 nitrogen and oxygen atoms in total. The molecule has 0 saturated carbocycles. The van der Waals surface area contributed by atoms with Crippen LogP contribution in [0.25, 0.3) is 17.1 Å². The van der Waals surface area contributed by atoms with Crippen LogP contribution in [0.4, 0.5) is 32.0 Å². The largest absolute Gasteiger partial charge is 0.416 e. The molecule has 0 aliphatic heterocycles. The van der Waals surface area contributed by atoms with E-state index in [2.05, 4.69) is 15.5 Å². The zero-order chi connectivity index (χ0) is 27.7. The highest BCUT2D eigenvalue weighted by Gasteiger charge is 2.37. The van der Waals surface area contributed by atoms with Gasteiger partial charge in [-0.2, -0.15) is 26.3 Å². The molecule has 1 amide bonds. The first-order valence-electron chi connectivity index (χ1n) is 10.8. The van der Waals surface area contributed by atoms with Crippen molar-refractivity contribution in [3.05, 3.63) is 88.4 Å². The molecule has 13 heteroatoms. The van der Waals surface area contributed by atoms with Crippen LogP contribution in [0.15, 0.2) is 71.9 Å². The Kier molecular flexibility index (Phi) is 7.75. The topological polar surface area (TPSA) is 59.8 Å². The number of halogens is 7. The second-order valence-corrected chi connectivity index (χ2v) is 9.49. The van der Waals surface area contributed by atoms with E-state index in [1.54, 1.807) is 28.8 Å². The molecular weight excluding hydrogens is 554 g/mol. The molecule has 3 aromatic carbocycles. The van der Waals surface area contributed by atoms with Crippen LogP contribution in [0.1, 0.15) is 16.7 Å². The summed E-state index contributed by atoms with van der Waals surface area (Å²) in [6, 6.07) is 15.1. The van der Waals surface area contributed by atoms with Crippen LogP contribution < -0.4 is 5.32 Å². The Morgan fingerprint density at radius 1 is 0.895 bits per heavy atom. The zero-order valence-electron chi connectivity index (χ0n) is 19.4. The molecule has 38 heavy (non-hydrogen) atoms. The molecule has 1 N–H and O–H groups in total. The number of amides is 1. The molecule has 198 valence electrons. The lowest BCUT2D eigenvalue weighted by Gasteiger charge is -2.15. The fraction of sp³-hybridized carbons (Fsp3) is 0.160. The van der Waals surface area contributed by atoms with Gasteiger partial charge in [0.1, 0.15) is 0 Å². The minimum atomic E-state index is -5.03. The molecule has 0 radical (unpaired) electrons. The van der Waals surface area contributed by atoms with Gasteiger partial charge in [0.25, 0.3) is 0 Å². The van der Waals surface area contributed by atoms with E-state index in [0.29, 0.717) is 28.7 Å². The van der Waals surface area contributed by atoms with Gasteiger partial charge >= 0.3 is 12.4 Å². The van der Waals surface area contributed by atoms with E-state index in [1.165, 1.54) is 0 Å². The number of aromatic nitrogens is 3. The van der Waals surface area contributed by atoms with Crippen molar-refractivity contribution in [2.75, 3.05) is 11.1 Å². The SMILES string of the molecule is Cc1ccc(-c2nnc(SCC(=O)Nc3cc(C(F)(F)F)cc(C(F)(F)F)c3)n2-c2ccc(Cl)cc2)cc1. The van der Waals surface area contributed by atoms with Crippen LogP contribution in [-0.2, 0) is 17.1 Å². The number of carbonyl (C=O) groups is 1. The summed E-state index contributed by atoms with van der Waals surface area (Å²) in [4.78, 5) is 12.5. The van der Waals surface area contributed by atoms with Gasteiger partial charge in [0.2, 0.25) is 5.91 Å². The lowest BCUT2D eigenvalue weighted by Crippen LogP contribution is -2.17. The fourth-order valence-electron chi connectivity index (χ4n) is 3.43. The maximum absolute atomic E-state index is 13.1. The smallest absolute Gasteiger partial charge is 0.325 e. The predicted octanol–water partition coefficient (Wildman–Crippen LogP) is 7.66. The summed E-state index contributed by atoms with van der Waals surface area (Å²) in [6.07, 6.45) is -10.1. The Labute approximate surface area is 221 Å². The summed E-state index contributed by atoms with van der Waals surface area (Å²) in [7, 11) is 0. The van der Waals surface area contributed by atoms with Crippen LogP contribution in [0, 0.1) is 6.92 Å². The standard InChI is InChI=1S/C25H17ClF6N4OS/c1-14-2-4-15(5-3-14)22-34-35-23(36(22)20-8-6-18(26)7-9-20)38-13-21(37)33-19-11-16(24(27,28)29)10-17(12-19)25(30,31)32/h2-12H,13H2,1H3,(H,33,37). The van der Waals surface area contributed by atoms with Gasteiger partial charge < -0.3 is 5.32 Å². The van der Waals surface area contributed by atoms with Crippen LogP contribution >= 0.6 is 23.4 Å². The maximum Gasteiger partial charge on any atom is 0.416 e. The van der Waals surface area contributed by atoms with E-state index >= 15 is 0 Å². The molecule has 0 fully saturated rings. The van der Waals surface area contributed by atoms with Crippen LogP contribution in [-0.4, -0.2) is 26.4 Å². The Bertz CT molecular complexity index is 1420. The Balaban J connectivity index is 1.60. The van der Waals surface area contributed by atoms with Gasteiger partial charge in [0.15, 0.2) is 11.0 Å². The van der Waals surface area contributed by atoms with E-state index in [0.717, 1.165) is 22.9 Å². The highest BCUT2D eigenvalue weighted by molar-refractivity contribution is 7.99. The van der Waals surface area contributed by atoms with E-state index in [9.17, 15) is 31.1 Å². The second-order valence-electron chi connectivity index (χ2n) is 8.12. The van der Waals surface area contributed by atoms with Gasteiger partial charge in [-0.3, -0.25) is 9.36 Å². The molecule has 0 saturated heterocycles. The first kappa shape index (κ1) is 27.5. The summed E-state index contributed by atoms with van der Waals surface area (Å²) in [5.41, 5.74) is -1.29. The highest BCUT2D eigenvalue weighted by atomic mass is 35.5. The summed E-state index contributed by atoms with van der Waals surface area (Å²) in [5, 5.41) is 11.3. The van der Waals surface area contributed by atoms with Crippen LogP contribution in [0.2, 0.25) is 5.02 Å². The quantitative estimate of drug-likeness (QED) is 0.191. The van der Waals surface area contributed by atoms with Gasteiger partial charge in [0, 0.05) is 22.0 Å². The van der Waals surface area contributed by atoms with Crippen LogP contribution in [0.3, 0.4) is 0 Å². The number of benzene rings is 3. The fourth-order valence-corrected chi connectivity index (χ4v) is 4.31. The lowest BCUT2D eigenvalue weighted by atomic mass is 10.1. The molecule has 4 aromatic rings. The first-order valence-corrected chi connectivity index (χ1v) is 12.2. The van der Waals surface area contributed by atoms with Crippen molar-refractivity contribution in [1.82, 2.24) is 14.8 Å². The number of hydrogen-bond acceptors (Lipinski definition) is 4. The zero-order valence-corrected chi connectivity index (χ0v) is 20.9. The van der Waals surface area contributed by atoms with Crippen LogP contribution in [0.5, 0.6) is 0 Å². The third-order valence-electron chi connectivity index (χ3n) is 5.23. The molecule has 4 rings (SSSR count). The van der Waals surface area contributed by atoms with Gasteiger partial charge in [-0.1, -0.05) is 53.2 Å². The number of rotatable bonds is 6. The molecule has 1 heterocycles. The number of alkyl halides is 6. The summed E-state index contributed by atoms with van der Waals surface area (Å²) in [6.45, 7) is 1.93. The summed E-state index contributed by atoms with van der Waals surface area (Å²) < 4.78 is 80.4. The number of anilines is 1. The molecule has 0 atom stereocenters. The molecule has 0 aliphatic rings. The number of carbonyl (C=O) groups excluding carboxylic acids is 1. The molecule has 0 spiro atoms. The molecule has 0 bridgehead atoms. The molecular formula is C25H17ClF6N4OS. The maximum atomic E-state index is 13.1. The third kappa shape index (κ3) is 6.48. The number of nitrogens with zero attached hydrogens (tertiary/aromatic N) is 3. The highest BCUT2D eigenvalue weighted by Crippen LogP contribution is 2.37. The average molecular weight is 571 g/mol. The second kappa shape index (κ2) is 10.7. The van der Waals surface area contributed by atoms with E-state index < -0.39 is 35.1 Å². The lowest BCUT2D eigenvalue weighted by molar-refractivity contribution is -0.143. The van der Waals surface area contributed by atoms with Crippen molar-refractivity contribution in [1.29, 1.82) is 0 Å². The van der Waals surface area contributed by atoms with E-state index in [1.807, 2.05) is 31.2 Å². The summed E-state index contributed by atoms with van der Waals surface area (Å²) >= 11 is 6.92. The molecule has 1 aromatic heterocycles. The average Bonchev–Trinajstić information content (AvgIpc) is 3.26. The Hall–Kier alpha value is -3.51. The van der Waals surface area contributed by atoms with Gasteiger partial charge in [-0.15, -0.1) is 10.2 Å². The number of hydrogen-bond donors (Lipinski definition) is 1. The monoisotopic (exact) mass is 570 g/mol. The predicted molar refractivity (Wildman–Crippen MR) is 132 cm³/mol. The van der Waals surface area contributed by atoms with Crippen molar-refractivity contribution in [2.45, 2.75) is 24.4 Å². The minimum absolute atomic E-state index is 0.00833. The van der Waals surface area contributed by atoms with Crippen molar-refractivity contribution in [3.63, 3.8) is 0 Å². The molecule has 0 unspecified atom stereocenters. The third-order valence-corrected chi connectivity index (χ3v) is 6.41. The molecule has 0 aliphatic carbocycles. The van der Waals surface area contributed by atoms with Gasteiger partial charge in [-0.25, -0.2) is 0 Å². The van der Waals surface area contributed by atoms with E-state index in [-0.39, 0.29) is 17.0 Å².